The van der Waals surface area contributed by atoms with Crippen LogP contribution in [0.1, 0.15) is 117 Å². The molecule has 0 spiro atoms. The maximum absolute atomic E-state index is 12.2. The number of rotatable bonds is 20. The molecule has 0 aliphatic heterocycles. The number of hydrogen-bond acceptors (Lipinski definition) is 4. The van der Waals surface area contributed by atoms with Gasteiger partial charge in [-0.2, -0.15) is 0 Å². The van der Waals surface area contributed by atoms with E-state index in [-0.39, 0.29) is 37.3 Å². The van der Waals surface area contributed by atoms with Gasteiger partial charge in [-0.3, -0.25) is 19.8 Å². The van der Waals surface area contributed by atoms with Crippen LogP contribution in [-0.4, -0.2) is 42.4 Å². The van der Waals surface area contributed by atoms with Crippen LogP contribution in [0.4, 0.5) is 0 Å². The van der Waals surface area contributed by atoms with Crippen molar-refractivity contribution in [3.8, 4) is 0 Å². The number of nitrogens with one attached hydrogen (secondary N) is 2. The minimum atomic E-state index is -0.463. The van der Waals surface area contributed by atoms with Crippen molar-refractivity contribution < 1.29 is 14.4 Å². The van der Waals surface area contributed by atoms with Crippen LogP contribution in [0.5, 0.6) is 0 Å². The largest absolute Gasteiger partial charge is 0.354 e. The number of hydrogen-bond donors (Lipinski definition) is 3. The van der Waals surface area contributed by atoms with Crippen LogP contribution in [0.25, 0.3) is 0 Å². The van der Waals surface area contributed by atoms with Crippen LogP contribution >= 0.6 is 12.4 Å². The summed E-state index contributed by atoms with van der Waals surface area (Å²) in [5.74, 6) is -0.984. The number of nitrogens with two attached hydrogens (primary N) is 1. The SMILES string of the molecule is CCCCCCCCCCCC(=O)NN(CC(=O)NCCCCCCCC)C(=O)CN.Cl. The molecule has 7 nitrogen and oxygen atoms in total. The summed E-state index contributed by atoms with van der Waals surface area (Å²) in [6.45, 7) is 4.54. The fourth-order valence-corrected chi connectivity index (χ4v) is 3.44. The third kappa shape index (κ3) is 20.6. The number of halogens is 1. The Morgan fingerprint density at radius 3 is 1.66 bits per heavy atom. The van der Waals surface area contributed by atoms with E-state index in [9.17, 15) is 14.4 Å². The Kier molecular flexibility index (Phi) is 24.9. The van der Waals surface area contributed by atoms with Crippen molar-refractivity contribution in [2.45, 2.75) is 117 Å². The second kappa shape index (κ2) is 24.3. The number of hydrazine groups is 1. The third-order valence-electron chi connectivity index (χ3n) is 5.40. The molecule has 0 bridgehead atoms. The van der Waals surface area contributed by atoms with Crippen molar-refractivity contribution in [1.82, 2.24) is 15.8 Å². The minimum absolute atomic E-state index is 0. The van der Waals surface area contributed by atoms with E-state index in [2.05, 4.69) is 24.6 Å². The summed E-state index contributed by atoms with van der Waals surface area (Å²) < 4.78 is 0. The lowest BCUT2D eigenvalue weighted by Gasteiger charge is -2.22. The van der Waals surface area contributed by atoms with Gasteiger partial charge in [-0.15, -0.1) is 12.4 Å². The Labute approximate surface area is 202 Å². The van der Waals surface area contributed by atoms with E-state index in [1.54, 1.807) is 0 Å². The van der Waals surface area contributed by atoms with E-state index in [0.29, 0.717) is 13.0 Å². The molecule has 0 saturated carbocycles. The zero-order chi connectivity index (χ0) is 23.2. The van der Waals surface area contributed by atoms with E-state index in [4.69, 9.17) is 5.73 Å². The first kappa shape index (κ1) is 32.8. The van der Waals surface area contributed by atoms with Crippen LogP contribution in [0, 0.1) is 0 Å². The quantitative estimate of drug-likeness (QED) is 0.176. The van der Waals surface area contributed by atoms with E-state index in [0.717, 1.165) is 37.1 Å². The van der Waals surface area contributed by atoms with Gasteiger partial charge in [-0.05, 0) is 12.8 Å². The minimum Gasteiger partial charge on any atom is -0.354 e. The van der Waals surface area contributed by atoms with Crippen LogP contribution in [0.15, 0.2) is 0 Å². The van der Waals surface area contributed by atoms with Crippen LogP contribution in [-0.2, 0) is 14.4 Å². The standard InChI is InChI=1S/C24H48N4O3.ClH/c1-3-5-7-9-11-12-13-14-16-18-22(29)27-28(24(31)20-25)21-23(30)26-19-17-15-10-8-6-4-2;/h3-21,25H2,1-2H3,(H,26,30)(H,27,29);1H. The maximum atomic E-state index is 12.2. The fraction of sp³-hybridized carbons (Fsp3) is 0.875. The van der Waals surface area contributed by atoms with Crippen LogP contribution in [0.3, 0.4) is 0 Å². The van der Waals surface area contributed by atoms with Crippen molar-refractivity contribution in [3.63, 3.8) is 0 Å². The lowest BCUT2D eigenvalue weighted by molar-refractivity contribution is -0.143. The van der Waals surface area contributed by atoms with Crippen molar-refractivity contribution in [2.24, 2.45) is 5.73 Å². The van der Waals surface area contributed by atoms with E-state index in [1.807, 2.05) is 0 Å². The molecule has 190 valence electrons. The van der Waals surface area contributed by atoms with Gasteiger partial charge in [0, 0.05) is 13.0 Å². The van der Waals surface area contributed by atoms with Crippen LogP contribution < -0.4 is 16.5 Å². The molecule has 0 aromatic rings. The Bertz CT molecular complexity index is 478. The Morgan fingerprint density at radius 2 is 1.16 bits per heavy atom. The van der Waals surface area contributed by atoms with Crippen molar-refractivity contribution in [3.05, 3.63) is 0 Å². The number of carbonyl (C=O) groups is 3. The van der Waals surface area contributed by atoms with Gasteiger partial charge in [0.1, 0.15) is 6.54 Å². The molecule has 0 saturated heterocycles. The fourth-order valence-electron chi connectivity index (χ4n) is 3.44. The van der Waals surface area contributed by atoms with E-state index in [1.165, 1.54) is 64.2 Å². The molecular formula is C24H49ClN4O3. The molecule has 0 aromatic heterocycles. The van der Waals surface area contributed by atoms with Crippen molar-refractivity contribution in [2.75, 3.05) is 19.6 Å². The van der Waals surface area contributed by atoms with E-state index < -0.39 is 5.91 Å². The molecule has 0 fully saturated rings. The lowest BCUT2D eigenvalue weighted by Crippen LogP contribution is -2.52. The highest BCUT2D eigenvalue weighted by atomic mass is 35.5. The van der Waals surface area contributed by atoms with E-state index >= 15 is 0 Å². The highest BCUT2D eigenvalue weighted by Gasteiger charge is 2.18. The number of nitrogens with zero attached hydrogens (tertiary/aromatic N) is 1. The Hall–Kier alpha value is -1.34. The first-order valence-electron chi connectivity index (χ1n) is 12.6. The summed E-state index contributed by atoms with van der Waals surface area (Å²) in [5, 5.41) is 3.86. The molecule has 4 N–H and O–H groups in total. The van der Waals surface area contributed by atoms with Gasteiger partial charge in [0.25, 0.3) is 5.91 Å². The Morgan fingerprint density at radius 1 is 0.688 bits per heavy atom. The summed E-state index contributed by atoms with van der Waals surface area (Å²) in [7, 11) is 0. The highest BCUT2D eigenvalue weighted by Crippen LogP contribution is 2.10. The second-order valence-electron chi connectivity index (χ2n) is 8.42. The van der Waals surface area contributed by atoms with Gasteiger partial charge >= 0.3 is 0 Å². The van der Waals surface area contributed by atoms with Crippen molar-refractivity contribution >= 4 is 30.1 Å². The molecule has 0 heterocycles. The molecule has 0 atom stereocenters. The molecule has 0 radical (unpaired) electrons. The zero-order valence-corrected chi connectivity index (χ0v) is 21.4. The average molecular weight is 477 g/mol. The maximum Gasteiger partial charge on any atom is 0.255 e. The van der Waals surface area contributed by atoms with Gasteiger partial charge in [-0.25, -0.2) is 5.01 Å². The summed E-state index contributed by atoms with van der Waals surface area (Å²) in [6, 6.07) is 0. The lowest BCUT2D eigenvalue weighted by atomic mass is 10.1. The predicted molar refractivity (Wildman–Crippen MR) is 134 cm³/mol. The monoisotopic (exact) mass is 476 g/mol. The zero-order valence-electron chi connectivity index (χ0n) is 20.6. The van der Waals surface area contributed by atoms with Gasteiger partial charge in [0.05, 0.1) is 6.54 Å². The topological polar surface area (TPSA) is 105 Å². The first-order valence-corrected chi connectivity index (χ1v) is 12.6. The molecule has 0 aliphatic rings. The van der Waals surface area contributed by atoms with Gasteiger partial charge in [-0.1, -0.05) is 97.3 Å². The van der Waals surface area contributed by atoms with Gasteiger partial charge in [0.2, 0.25) is 11.8 Å². The summed E-state index contributed by atoms with van der Waals surface area (Å²) in [4.78, 5) is 36.3. The smallest absolute Gasteiger partial charge is 0.255 e. The normalized spacial score (nSPS) is 10.3. The molecule has 8 heteroatoms. The predicted octanol–water partition coefficient (Wildman–Crippen LogP) is 4.62. The molecule has 0 aromatic carbocycles. The van der Waals surface area contributed by atoms with Gasteiger partial charge < -0.3 is 11.1 Å². The summed E-state index contributed by atoms with van der Waals surface area (Å²) in [5.41, 5.74) is 7.98. The summed E-state index contributed by atoms with van der Waals surface area (Å²) >= 11 is 0. The number of unbranched alkanes of at least 4 members (excludes halogenated alkanes) is 13. The molecule has 3 amide bonds. The average Bonchev–Trinajstić information content (AvgIpc) is 2.76. The van der Waals surface area contributed by atoms with Crippen LogP contribution in [0.2, 0.25) is 0 Å². The van der Waals surface area contributed by atoms with Gasteiger partial charge in [0.15, 0.2) is 0 Å². The van der Waals surface area contributed by atoms with Crippen molar-refractivity contribution in [1.29, 1.82) is 0 Å². The summed E-state index contributed by atoms with van der Waals surface area (Å²) in [6.07, 6.45) is 17.8. The third-order valence-corrected chi connectivity index (χ3v) is 5.40. The molecule has 0 rings (SSSR count). The number of amides is 3. The number of carbonyl (C=O) groups excluding carboxylic acids is 3. The molecule has 0 unspecified atom stereocenters. The molecule has 0 aliphatic carbocycles. The molecule has 32 heavy (non-hydrogen) atoms. The second-order valence-corrected chi connectivity index (χ2v) is 8.42. The Balaban J connectivity index is 0. The highest BCUT2D eigenvalue weighted by molar-refractivity contribution is 5.88. The molecular weight excluding hydrogens is 428 g/mol. The first-order chi connectivity index (χ1) is 15.0.